The van der Waals surface area contributed by atoms with Crippen LogP contribution in [-0.2, 0) is 10.0 Å². The molecule has 23 heavy (non-hydrogen) atoms. The van der Waals surface area contributed by atoms with Gasteiger partial charge in [-0.1, -0.05) is 6.07 Å². The molecule has 0 atom stereocenters. The number of non-ortho nitro benzene ring substituents is 1. The first-order valence-electron chi connectivity index (χ1n) is 6.45. The van der Waals surface area contributed by atoms with Crippen LogP contribution < -0.4 is 0 Å². The molecule has 1 aromatic heterocycles. The van der Waals surface area contributed by atoms with Crippen molar-refractivity contribution in [2.24, 2.45) is 0 Å². The van der Waals surface area contributed by atoms with Crippen molar-refractivity contribution in [1.82, 2.24) is 3.97 Å². The van der Waals surface area contributed by atoms with Crippen LogP contribution in [0.15, 0.2) is 59.6 Å². The second kappa shape index (κ2) is 5.23. The Morgan fingerprint density at radius 1 is 1.13 bits per heavy atom. The SMILES string of the molecule is N#Cc1ccc2c(ccn2S(=O)(=O)c2cccc([N+](=O)[O-])c2)c1. The molecule has 0 bridgehead atoms. The van der Waals surface area contributed by atoms with E-state index in [1.54, 1.807) is 12.1 Å². The van der Waals surface area contributed by atoms with Gasteiger partial charge in [0.25, 0.3) is 15.7 Å². The summed E-state index contributed by atoms with van der Waals surface area (Å²) in [4.78, 5) is 10.0. The van der Waals surface area contributed by atoms with Crippen molar-refractivity contribution in [1.29, 1.82) is 5.26 Å². The molecule has 114 valence electrons. The highest BCUT2D eigenvalue weighted by Crippen LogP contribution is 2.25. The lowest BCUT2D eigenvalue weighted by Crippen LogP contribution is -2.12. The van der Waals surface area contributed by atoms with Crippen molar-refractivity contribution >= 4 is 26.6 Å². The topological polar surface area (TPSA) is 106 Å². The summed E-state index contributed by atoms with van der Waals surface area (Å²) < 4.78 is 26.5. The van der Waals surface area contributed by atoms with Crippen molar-refractivity contribution in [3.8, 4) is 6.07 Å². The Morgan fingerprint density at radius 2 is 1.91 bits per heavy atom. The van der Waals surface area contributed by atoms with Gasteiger partial charge in [-0.2, -0.15) is 5.26 Å². The zero-order valence-electron chi connectivity index (χ0n) is 11.6. The lowest BCUT2D eigenvalue weighted by molar-refractivity contribution is -0.385. The standard InChI is InChI=1S/C15H9N3O4S/c16-10-11-4-5-15-12(8-11)6-7-17(15)23(21,22)14-3-1-2-13(9-14)18(19)20/h1-9H. The normalized spacial score (nSPS) is 11.3. The molecule has 0 fully saturated rings. The monoisotopic (exact) mass is 327 g/mol. The van der Waals surface area contributed by atoms with Gasteiger partial charge in [-0.3, -0.25) is 10.1 Å². The Hall–Kier alpha value is -3.18. The van der Waals surface area contributed by atoms with Gasteiger partial charge in [0.1, 0.15) is 0 Å². The summed E-state index contributed by atoms with van der Waals surface area (Å²) in [7, 11) is -3.97. The summed E-state index contributed by atoms with van der Waals surface area (Å²) in [6.07, 6.45) is 1.36. The molecule has 3 rings (SSSR count). The van der Waals surface area contributed by atoms with Gasteiger partial charge < -0.3 is 0 Å². The van der Waals surface area contributed by atoms with Crippen molar-refractivity contribution in [2.45, 2.75) is 4.90 Å². The number of hydrogen-bond donors (Lipinski definition) is 0. The van der Waals surface area contributed by atoms with E-state index in [1.165, 1.54) is 36.5 Å². The summed E-state index contributed by atoms with van der Waals surface area (Å²) >= 11 is 0. The van der Waals surface area contributed by atoms with Gasteiger partial charge in [0.15, 0.2) is 0 Å². The molecule has 0 unspecified atom stereocenters. The molecule has 0 N–H and O–H groups in total. The molecule has 1 heterocycles. The minimum absolute atomic E-state index is 0.173. The van der Waals surface area contributed by atoms with Crippen LogP contribution in [-0.4, -0.2) is 17.3 Å². The number of fused-ring (bicyclic) bond motifs is 1. The smallest absolute Gasteiger partial charge is 0.258 e. The molecule has 0 radical (unpaired) electrons. The molecule has 0 saturated carbocycles. The number of nitriles is 1. The first-order chi connectivity index (χ1) is 10.9. The van der Waals surface area contributed by atoms with Gasteiger partial charge >= 0.3 is 0 Å². The van der Waals surface area contributed by atoms with E-state index in [4.69, 9.17) is 5.26 Å². The average Bonchev–Trinajstić information content (AvgIpc) is 2.98. The Balaban J connectivity index is 2.19. The molecular weight excluding hydrogens is 318 g/mol. The number of hydrogen-bond acceptors (Lipinski definition) is 5. The lowest BCUT2D eigenvalue weighted by Gasteiger charge is -2.07. The zero-order valence-corrected chi connectivity index (χ0v) is 12.4. The maximum Gasteiger partial charge on any atom is 0.270 e. The van der Waals surface area contributed by atoms with E-state index in [9.17, 15) is 18.5 Å². The predicted molar refractivity (Wildman–Crippen MR) is 82.3 cm³/mol. The first-order valence-corrected chi connectivity index (χ1v) is 7.89. The number of aromatic nitrogens is 1. The molecule has 8 heteroatoms. The number of nitro benzene ring substituents is 1. The van der Waals surface area contributed by atoms with Crippen LogP contribution in [0.4, 0.5) is 5.69 Å². The van der Waals surface area contributed by atoms with Gasteiger partial charge in [-0.25, -0.2) is 12.4 Å². The summed E-state index contributed by atoms with van der Waals surface area (Å²) in [5.74, 6) is 0. The molecule has 0 aliphatic rings. The Labute approximate surface area is 131 Å². The molecule has 0 saturated heterocycles. The summed E-state index contributed by atoms with van der Waals surface area (Å²) in [6, 6.07) is 13.1. The summed E-state index contributed by atoms with van der Waals surface area (Å²) in [6.45, 7) is 0. The highest BCUT2D eigenvalue weighted by atomic mass is 32.2. The van der Waals surface area contributed by atoms with E-state index in [2.05, 4.69) is 0 Å². The van der Waals surface area contributed by atoms with Crippen molar-refractivity contribution in [2.75, 3.05) is 0 Å². The van der Waals surface area contributed by atoms with E-state index >= 15 is 0 Å². The van der Waals surface area contributed by atoms with Crippen LogP contribution in [0.3, 0.4) is 0 Å². The molecule has 0 aliphatic heterocycles. The molecule has 2 aromatic carbocycles. The fourth-order valence-electron chi connectivity index (χ4n) is 2.27. The molecule has 0 amide bonds. The molecular formula is C15H9N3O4S. The van der Waals surface area contributed by atoms with E-state index in [0.717, 1.165) is 10.0 Å². The van der Waals surface area contributed by atoms with E-state index < -0.39 is 14.9 Å². The second-order valence-corrected chi connectivity index (χ2v) is 6.57. The van der Waals surface area contributed by atoms with Crippen LogP contribution in [0, 0.1) is 21.4 Å². The summed E-state index contributed by atoms with van der Waals surface area (Å²) in [5, 5.41) is 20.3. The second-order valence-electron chi connectivity index (χ2n) is 4.76. The Kier molecular flexibility index (Phi) is 3.35. The van der Waals surface area contributed by atoms with Gasteiger partial charge in [-0.05, 0) is 30.3 Å². The quantitative estimate of drug-likeness (QED) is 0.543. The summed E-state index contributed by atoms with van der Waals surface area (Å²) in [5.41, 5.74) is 0.521. The number of nitro groups is 1. The third-order valence-corrected chi connectivity index (χ3v) is 5.05. The maximum atomic E-state index is 12.7. The average molecular weight is 327 g/mol. The molecule has 0 aliphatic carbocycles. The lowest BCUT2D eigenvalue weighted by atomic mass is 10.2. The fourth-order valence-corrected chi connectivity index (χ4v) is 3.66. The number of nitrogens with zero attached hydrogens (tertiary/aromatic N) is 3. The zero-order chi connectivity index (χ0) is 16.6. The van der Waals surface area contributed by atoms with E-state index in [-0.39, 0.29) is 10.6 Å². The maximum absolute atomic E-state index is 12.7. The first kappa shape index (κ1) is 14.7. The number of rotatable bonds is 3. The minimum atomic E-state index is -3.97. The predicted octanol–water partition coefficient (Wildman–Crippen LogP) is 2.66. The third kappa shape index (κ3) is 2.43. The Morgan fingerprint density at radius 3 is 2.61 bits per heavy atom. The molecule has 3 aromatic rings. The third-order valence-electron chi connectivity index (χ3n) is 3.37. The van der Waals surface area contributed by atoms with Crippen molar-refractivity contribution in [3.05, 3.63) is 70.4 Å². The largest absolute Gasteiger partial charge is 0.270 e. The highest BCUT2D eigenvalue weighted by molar-refractivity contribution is 7.90. The fraction of sp³-hybridized carbons (Fsp3) is 0. The van der Waals surface area contributed by atoms with Crippen LogP contribution in [0.1, 0.15) is 5.56 Å². The van der Waals surface area contributed by atoms with Crippen LogP contribution in [0.25, 0.3) is 10.9 Å². The van der Waals surface area contributed by atoms with Crippen LogP contribution in [0.2, 0.25) is 0 Å². The number of benzene rings is 2. The Bertz CT molecular complexity index is 1080. The molecule has 7 nitrogen and oxygen atoms in total. The van der Waals surface area contributed by atoms with Gasteiger partial charge in [0.2, 0.25) is 0 Å². The van der Waals surface area contributed by atoms with E-state index in [1.807, 2.05) is 6.07 Å². The van der Waals surface area contributed by atoms with Gasteiger partial charge in [0.05, 0.1) is 27.0 Å². The van der Waals surface area contributed by atoms with E-state index in [0.29, 0.717) is 16.5 Å². The van der Waals surface area contributed by atoms with Gasteiger partial charge in [-0.15, -0.1) is 0 Å². The molecule has 0 spiro atoms. The van der Waals surface area contributed by atoms with Gasteiger partial charge in [0, 0.05) is 23.7 Å². The van der Waals surface area contributed by atoms with Crippen molar-refractivity contribution in [3.63, 3.8) is 0 Å². The minimum Gasteiger partial charge on any atom is -0.258 e. The van der Waals surface area contributed by atoms with Crippen LogP contribution >= 0.6 is 0 Å². The highest BCUT2D eigenvalue weighted by Gasteiger charge is 2.21. The van der Waals surface area contributed by atoms with Crippen LogP contribution in [0.5, 0.6) is 0 Å². The van der Waals surface area contributed by atoms with Crippen molar-refractivity contribution < 1.29 is 13.3 Å².